The lowest BCUT2D eigenvalue weighted by Crippen LogP contribution is -2.50. The Morgan fingerprint density at radius 1 is 1.07 bits per heavy atom. The van der Waals surface area contributed by atoms with Gasteiger partial charge in [-0.15, -0.1) is 0 Å². The standard InChI is InChI=1S/C29H39N3O7S/c1-21(29(34)30-23-10-5-4-6-11-23)31(19-22-9-7-12-25(17-22)37-2)28(33)13-8-16-32(40(3,35)36)24-14-15-26-27(18-24)39-20-38-26/h7,9,12,14-15,17-18,21,23H,4-6,8,10-11,13,16,19-20H2,1-3H3,(H,30,34)/t21-/m0/s1. The molecule has 2 amide bonds. The molecule has 1 saturated carbocycles. The van der Waals surface area contributed by atoms with E-state index in [1.807, 2.05) is 24.3 Å². The van der Waals surface area contributed by atoms with Crippen LogP contribution in [0.5, 0.6) is 17.2 Å². The van der Waals surface area contributed by atoms with Crippen molar-refractivity contribution in [1.29, 1.82) is 0 Å². The van der Waals surface area contributed by atoms with Crippen LogP contribution in [-0.2, 0) is 26.2 Å². The van der Waals surface area contributed by atoms with Gasteiger partial charge in [0.1, 0.15) is 11.8 Å². The van der Waals surface area contributed by atoms with Gasteiger partial charge >= 0.3 is 0 Å². The smallest absolute Gasteiger partial charge is 0.242 e. The zero-order valence-corrected chi connectivity index (χ0v) is 24.2. The number of nitrogens with one attached hydrogen (secondary N) is 1. The number of hydrogen-bond donors (Lipinski definition) is 1. The van der Waals surface area contributed by atoms with Crippen molar-refractivity contribution >= 4 is 27.5 Å². The summed E-state index contributed by atoms with van der Waals surface area (Å²) in [6.07, 6.45) is 6.73. The molecule has 4 rings (SSSR count). The summed E-state index contributed by atoms with van der Waals surface area (Å²) in [6.45, 7) is 2.15. The van der Waals surface area contributed by atoms with E-state index in [0.717, 1.165) is 37.5 Å². The Hall–Kier alpha value is -3.47. The first-order valence-corrected chi connectivity index (χ1v) is 15.6. The average molecular weight is 574 g/mol. The molecule has 2 aromatic rings. The number of anilines is 1. The number of sulfonamides is 1. The van der Waals surface area contributed by atoms with Crippen molar-refractivity contribution in [2.24, 2.45) is 0 Å². The normalized spacial score (nSPS) is 15.8. The first-order valence-electron chi connectivity index (χ1n) is 13.8. The van der Waals surface area contributed by atoms with Gasteiger partial charge < -0.3 is 24.4 Å². The van der Waals surface area contributed by atoms with E-state index >= 15 is 0 Å². The van der Waals surface area contributed by atoms with Crippen molar-refractivity contribution in [3.05, 3.63) is 48.0 Å². The van der Waals surface area contributed by atoms with Gasteiger partial charge in [0.25, 0.3) is 0 Å². The number of hydrogen-bond acceptors (Lipinski definition) is 7. The van der Waals surface area contributed by atoms with Crippen LogP contribution in [-0.4, -0.2) is 63.9 Å². The van der Waals surface area contributed by atoms with Crippen LogP contribution in [0.25, 0.3) is 0 Å². The van der Waals surface area contributed by atoms with Crippen molar-refractivity contribution < 1.29 is 32.2 Å². The number of carbonyl (C=O) groups is 2. The fourth-order valence-corrected chi connectivity index (χ4v) is 6.12. The molecule has 0 radical (unpaired) electrons. The highest BCUT2D eigenvalue weighted by Gasteiger charge is 2.29. The van der Waals surface area contributed by atoms with E-state index in [9.17, 15) is 18.0 Å². The van der Waals surface area contributed by atoms with Crippen LogP contribution in [0.2, 0.25) is 0 Å². The van der Waals surface area contributed by atoms with E-state index in [0.29, 0.717) is 22.9 Å². The quantitative estimate of drug-likeness (QED) is 0.410. The number of ether oxygens (including phenoxy) is 3. The Morgan fingerprint density at radius 3 is 2.55 bits per heavy atom. The second-order valence-corrected chi connectivity index (χ2v) is 12.3. The van der Waals surface area contributed by atoms with E-state index in [4.69, 9.17) is 14.2 Å². The van der Waals surface area contributed by atoms with E-state index < -0.39 is 16.1 Å². The predicted octanol–water partition coefficient (Wildman–Crippen LogP) is 3.84. The lowest BCUT2D eigenvalue weighted by Gasteiger charge is -2.31. The van der Waals surface area contributed by atoms with Gasteiger partial charge in [-0.2, -0.15) is 0 Å². The van der Waals surface area contributed by atoms with Crippen LogP contribution in [0.4, 0.5) is 5.69 Å². The Bertz CT molecular complexity index is 1290. The first kappa shape index (κ1) is 29.5. The van der Waals surface area contributed by atoms with Gasteiger partial charge in [-0.25, -0.2) is 8.42 Å². The molecule has 0 bridgehead atoms. The van der Waals surface area contributed by atoms with Gasteiger partial charge in [-0.3, -0.25) is 13.9 Å². The van der Waals surface area contributed by atoms with Gasteiger partial charge in [-0.05, 0) is 56.0 Å². The minimum atomic E-state index is -3.62. The monoisotopic (exact) mass is 573 g/mol. The number of fused-ring (bicyclic) bond motifs is 1. The molecule has 0 saturated heterocycles. The maximum atomic E-state index is 13.6. The number of amides is 2. The molecule has 1 N–H and O–H groups in total. The molecule has 0 aromatic heterocycles. The molecule has 2 aliphatic rings. The van der Waals surface area contributed by atoms with Crippen LogP contribution in [0.3, 0.4) is 0 Å². The molecule has 10 nitrogen and oxygen atoms in total. The molecule has 218 valence electrons. The molecule has 0 spiro atoms. The van der Waals surface area contributed by atoms with E-state index in [2.05, 4.69) is 5.32 Å². The average Bonchev–Trinajstić information content (AvgIpc) is 3.41. The number of benzene rings is 2. The molecular weight excluding hydrogens is 534 g/mol. The van der Waals surface area contributed by atoms with Crippen LogP contribution in [0, 0.1) is 0 Å². The summed E-state index contributed by atoms with van der Waals surface area (Å²) in [5.74, 6) is 1.29. The number of nitrogens with zero attached hydrogens (tertiary/aromatic N) is 2. The summed E-state index contributed by atoms with van der Waals surface area (Å²) in [5.41, 5.74) is 1.27. The molecule has 11 heteroatoms. The van der Waals surface area contributed by atoms with Crippen molar-refractivity contribution in [3.8, 4) is 17.2 Å². The molecule has 1 fully saturated rings. The largest absolute Gasteiger partial charge is 0.497 e. The predicted molar refractivity (Wildman–Crippen MR) is 152 cm³/mol. The summed E-state index contributed by atoms with van der Waals surface area (Å²) < 4.78 is 42.6. The van der Waals surface area contributed by atoms with Crippen molar-refractivity contribution in [1.82, 2.24) is 10.2 Å². The fourth-order valence-electron chi connectivity index (χ4n) is 5.16. The van der Waals surface area contributed by atoms with E-state index in [1.54, 1.807) is 37.1 Å². The minimum Gasteiger partial charge on any atom is -0.497 e. The SMILES string of the molecule is COc1cccc(CN(C(=O)CCCN(c2ccc3c(c2)OCO3)S(C)(=O)=O)[C@@H](C)C(=O)NC2CCCCC2)c1. The first-order chi connectivity index (χ1) is 19.2. The summed E-state index contributed by atoms with van der Waals surface area (Å²) in [6, 6.07) is 11.8. The summed E-state index contributed by atoms with van der Waals surface area (Å²) >= 11 is 0. The molecule has 0 unspecified atom stereocenters. The van der Waals surface area contributed by atoms with Crippen LogP contribution >= 0.6 is 0 Å². The highest BCUT2D eigenvalue weighted by atomic mass is 32.2. The van der Waals surface area contributed by atoms with Crippen LogP contribution < -0.4 is 23.8 Å². The van der Waals surface area contributed by atoms with Gasteiger partial charge in [-0.1, -0.05) is 31.4 Å². The summed E-state index contributed by atoms with van der Waals surface area (Å²) in [7, 11) is -2.04. The van der Waals surface area contributed by atoms with Crippen LogP contribution in [0.1, 0.15) is 57.4 Å². The molecule has 1 heterocycles. The maximum Gasteiger partial charge on any atom is 0.242 e. The molecule has 1 atom stereocenters. The summed E-state index contributed by atoms with van der Waals surface area (Å²) in [4.78, 5) is 28.4. The molecule has 1 aliphatic carbocycles. The Balaban J connectivity index is 1.46. The van der Waals surface area contributed by atoms with Crippen molar-refractivity contribution in [3.63, 3.8) is 0 Å². The van der Waals surface area contributed by atoms with E-state index in [1.165, 1.54) is 10.7 Å². The zero-order chi connectivity index (χ0) is 28.7. The minimum absolute atomic E-state index is 0.0710. The summed E-state index contributed by atoms with van der Waals surface area (Å²) in [5, 5.41) is 3.13. The third-order valence-corrected chi connectivity index (χ3v) is 8.60. The van der Waals surface area contributed by atoms with Gasteiger partial charge in [0, 0.05) is 31.6 Å². The topological polar surface area (TPSA) is 114 Å². The maximum absolute atomic E-state index is 13.6. The molecular formula is C29H39N3O7S. The Labute approximate surface area is 236 Å². The Kier molecular flexibility index (Phi) is 9.78. The van der Waals surface area contributed by atoms with Crippen molar-refractivity contribution in [2.75, 3.05) is 31.0 Å². The highest BCUT2D eigenvalue weighted by molar-refractivity contribution is 7.92. The second-order valence-electron chi connectivity index (χ2n) is 10.4. The van der Waals surface area contributed by atoms with Crippen LogP contribution in [0.15, 0.2) is 42.5 Å². The molecule has 1 aliphatic heterocycles. The lowest BCUT2D eigenvalue weighted by atomic mass is 9.95. The third kappa shape index (κ3) is 7.59. The number of carbonyl (C=O) groups excluding carboxylic acids is 2. The third-order valence-electron chi connectivity index (χ3n) is 7.40. The van der Waals surface area contributed by atoms with Gasteiger partial charge in [0.15, 0.2) is 11.5 Å². The fraction of sp³-hybridized carbons (Fsp3) is 0.517. The van der Waals surface area contributed by atoms with E-state index in [-0.39, 0.29) is 50.6 Å². The number of methoxy groups -OCH3 is 1. The van der Waals surface area contributed by atoms with Gasteiger partial charge in [0.2, 0.25) is 28.6 Å². The lowest BCUT2D eigenvalue weighted by molar-refractivity contribution is -0.141. The van der Waals surface area contributed by atoms with Gasteiger partial charge in [0.05, 0.1) is 19.1 Å². The molecule has 2 aromatic carbocycles. The zero-order valence-electron chi connectivity index (χ0n) is 23.4. The number of rotatable bonds is 12. The second kappa shape index (κ2) is 13.3. The molecule has 40 heavy (non-hydrogen) atoms. The Morgan fingerprint density at radius 2 is 1.82 bits per heavy atom. The van der Waals surface area contributed by atoms with Crippen molar-refractivity contribution in [2.45, 2.75) is 70.5 Å². The highest BCUT2D eigenvalue weighted by Crippen LogP contribution is 2.36.